The van der Waals surface area contributed by atoms with Crippen molar-refractivity contribution in [2.45, 2.75) is 50.5 Å². The minimum absolute atomic E-state index is 0.00548. The molecule has 180 valence electrons. The summed E-state index contributed by atoms with van der Waals surface area (Å²) in [7, 11) is 0. The molecule has 2 amide bonds. The Morgan fingerprint density at radius 2 is 1.56 bits per heavy atom. The number of hydrogen-bond acceptors (Lipinski definition) is 5. The highest BCUT2D eigenvalue weighted by atomic mass is 16.7. The van der Waals surface area contributed by atoms with Crippen molar-refractivity contribution in [1.82, 2.24) is 10.8 Å². The Labute approximate surface area is 198 Å². The number of carbonyl (C=O) groups is 3. The van der Waals surface area contributed by atoms with Crippen molar-refractivity contribution in [3.8, 4) is 11.1 Å². The van der Waals surface area contributed by atoms with Gasteiger partial charge in [-0.15, -0.1) is 0 Å². The zero-order valence-electron chi connectivity index (χ0n) is 19.0. The lowest BCUT2D eigenvalue weighted by atomic mass is 9.82. The van der Waals surface area contributed by atoms with Crippen LogP contribution in [0.2, 0.25) is 0 Å². The number of carboxylic acids is 1. The molecule has 1 atom stereocenters. The lowest BCUT2D eigenvalue weighted by Crippen LogP contribution is -2.45. The Balaban J connectivity index is 1.38. The van der Waals surface area contributed by atoms with Crippen LogP contribution >= 0.6 is 0 Å². The van der Waals surface area contributed by atoms with Crippen LogP contribution in [0.4, 0.5) is 4.79 Å². The zero-order valence-corrected chi connectivity index (χ0v) is 19.0. The molecular weight excluding hydrogens is 436 g/mol. The normalized spacial score (nSPS) is 16.2. The van der Waals surface area contributed by atoms with Crippen molar-refractivity contribution >= 4 is 18.0 Å². The number of ether oxygens (including phenoxy) is 1. The van der Waals surface area contributed by atoms with Gasteiger partial charge in [0.05, 0.1) is 0 Å². The third-order valence-electron chi connectivity index (χ3n) is 6.65. The molecule has 0 bridgehead atoms. The van der Waals surface area contributed by atoms with Crippen molar-refractivity contribution in [1.29, 1.82) is 0 Å². The number of amides is 2. The van der Waals surface area contributed by atoms with E-state index >= 15 is 0 Å². The second kappa shape index (κ2) is 11.2. The van der Waals surface area contributed by atoms with E-state index < -0.39 is 30.6 Å². The van der Waals surface area contributed by atoms with E-state index in [4.69, 9.17) is 9.84 Å². The van der Waals surface area contributed by atoms with Crippen molar-refractivity contribution in [3.63, 3.8) is 0 Å². The number of aliphatic carboxylic acids is 1. The number of hydroxylamine groups is 1. The van der Waals surface area contributed by atoms with Crippen LogP contribution in [-0.4, -0.2) is 42.3 Å². The second-order valence-electron chi connectivity index (χ2n) is 8.89. The van der Waals surface area contributed by atoms with E-state index in [0.29, 0.717) is 0 Å². The molecule has 2 aromatic carbocycles. The van der Waals surface area contributed by atoms with E-state index in [-0.39, 0.29) is 24.9 Å². The molecule has 0 spiro atoms. The summed E-state index contributed by atoms with van der Waals surface area (Å²) in [6, 6.07) is 15.9. The van der Waals surface area contributed by atoms with Gasteiger partial charge >= 0.3 is 12.1 Å². The average molecular weight is 467 g/mol. The molecule has 0 aromatic heterocycles. The summed E-state index contributed by atoms with van der Waals surface area (Å²) in [5.74, 6) is -1.55. The molecule has 2 aromatic rings. The largest absolute Gasteiger partial charge is 0.479 e. The zero-order chi connectivity index (χ0) is 23.9. The summed E-state index contributed by atoms with van der Waals surface area (Å²) in [6.45, 7) is -0.426. The smallest absolute Gasteiger partial charge is 0.407 e. The minimum Gasteiger partial charge on any atom is -0.479 e. The Hall–Kier alpha value is -3.39. The number of alkyl carbamates (subject to hydrolysis) is 1. The van der Waals surface area contributed by atoms with E-state index in [2.05, 4.69) is 39.9 Å². The molecule has 3 N–H and O–H groups in total. The molecular formula is C26H30N2O6. The maximum Gasteiger partial charge on any atom is 0.407 e. The second-order valence-corrected chi connectivity index (χ2v) is 8.89. The van der Waals surface area contributed by atoms with E-state index in [0.717, 1.165) is 54.4 Å². The number of benzene rings is 2. The van der Waals surface area contributed by atoms with Crippen LogP contribution in [0.15, 0.2) is 48.5 Å². The molecule has 0 aliphatic heterocycles. The van der Waals surface area contributed by atoms with E-state index in [1.54, 1.807) is 0 Å². The standard InChI is InChI=1S/C26H30N2O6/c29-24(28-34-16-25(30)31)14-23(17-8-2-1-3-9-17)27-26(32)33-15-22-20-12-6-4-10-18(20)19-11-5-7-13-21(19)22/h4-7,10-13,17,22-23H,1-3,8-9,14-16H2,(H,27,32)(H,28,29)(H,30,31). The molecule has 0 saturated heterocycles. The molecule has 0 radical (unpaired) electrons. The number of carbonyl (C=O) groups excluding carboxylic acids is 2. The fourth-order valence-corrected chi connectivity index (χ4v) is 5.08. The van der Waals surface area contributed by atoms with Gasteiger partial charge in [-0.1, -0.05) is 67.8 Å². The van der Waals surface area contributed by atoms with Crippen LogP contribution in [-0.2, 0) is 19.2 Å². The third-order valence-corrected chi connectivity index (χ3v) is 6.65. The van der Waals surface area contributed by atoms with Gasteiger partial charge in [0.1, 0.15) is 6.61 Å². The summed E-state index contributed by atoms with van der Waals surface area (Å²) >= 11 is 0. The van der Waals surface area contributed by atoms with E-state index in [9.17, 15) is 14.4 Å². The molecule has 8 nitrogen and oxygen atoms in total. The van der Waals surface area contributed by atoms with Gasteiger partial charge in [0.25, 0.3) is 0 Å². The van der Waals surface area contributed by atoms with Gasteiger partial charge in [-0.25, -0.2) is 15.1 Å². The van der Waals surface area contributed by atoms with Crippen LogP contribution in [0.5, 0.6) is 0 Å². The quantitative estimate of drug-likeness (QED) is 0.482. The van der Waals surface area contributed by atoms with E-state index in [1.807, 2.05) is 24.3 Å². The number of rotatable bonds is 9. The van der Waals surface area contributed by atoms with Gasteiger partial charge in [0.15, 0.2) is 6.61 Å². The first kappa shape index (κ1) is 23.8. The molecule has 0 heterocycles. The summed E-state index contributed by atoms with van der Waals surface area (Å²) < 4.78 is 5.66. The van der Waals surface area contributed by atoms with Gasteiger partial charge < -0.3 is 15.2 Å². The number of hydrogen-bond donors (Lipinski definition) is 3. The Kier molecular flexibility index (Phi) is 7.80. The topological polar surface area (TPSA) is 114 Å². The molecule has 1 saturated carbocycles. The lowest BCUT2D eigenvalue weighted by Gasteiger charge is -2.30. The summed E-state index contributed by atoms with van der Waals surface area (Å²) in [5, 5.41) is 11.5. The van der Waals surface area contributed by atoms with Gasteiger partial charge in [-0.3, -0.25) is 9.63 Å². The highest BCUT2D eigenvalue weighted by Crippen LogP contribution is 2.44. The highest BCUT2D eigenvalue weighted by Gasteiger charge is 2.31. The first-order valence-corrected chi connectivity index (χ1v) is 11.8. The van der Waals surface area contributed by atoms with Crippen LogP contribution in [0.3, 0.4) is 0 Å². The molecule has 1 unspecified atom stereocenters. The summed E-state index contributed by atoms with van der Waals surface area (Å²) in [4.78, 5) is 40.3. The molecule has 2 aliphatic rings. The predicted octanol–water partition coefficient (Wildman–Crippen LogP) is 4.00. The average Bonchev–Trinajstić information content (AvgIpc) is 3.16. The van der Waals surface area contributed by atoms with Crippen LogP contribution in [0.1, 0.15) is 55.6 Å². The van der Waals surface area contributed by atoms with Crippen molar-refractivity contribution < 1.29 is 29.1 Å². The number of carboxylic acid groups (broad SMARTS) is 1. The predicted molar refractivity (Wildman–Crippen MR) is 125 cm³/mol. The highest BCUT2D eigenvalue weighted by molar-refractivity contribution is 5.79. The van der Waals surface area contributed by atoms with Gasteiger partial charge in [-0.2, -0.15) is 0 Å². The van der Waals surface area contributed by atoms with Crippen molar-refractivity contribution in [3.05, 3.63) is 59.7 Å². The van der Waals surface area contributed by atoms with Gasteiger partial charge in [0.2, 0.25) is 5.91 Å². The van der Waals surface area contributed by atoms with Crippen LogP contribution < -0.4 is 10.8 Å². The maximum atomic E-state index is 12.8. The molecule has 8 heteroatoms. The molecule has 1 fully saturated rings. The van der Waals surface area contributed by atoms with Crippen LogP contribution in [0, 0.1) is 5.92 Å². The monoisotopic (exact) mass is 466 g/mol. The summed E-state index contributed by atoms with van der Waals surface area (Å²) in [5.41, 5.74) is 6.73. The van der Waals surface area contributed by atoms with E-state index in [1.165, 1.54) is 0 Å². The number of fused-ring (bicyclic) bond motifs is 3. The summed E-state index contributed by atoms with van der Waals surface area (Å²) in [6.07, 6.45) is 4.50. The fourth-order valence-electron chi connectivity index (χ4n) is 5.08. The van der Waals surface area contributed by atoms with Crippen LogP contribution in [0.25, 0.3) is 11.1 Å². The SMILES string of the molecule is O=C(O)CONC(=O)CC(NC(=O)OCC1c2ccccc2-c2ccccc21)C1CCCCC1. The Morgan fingerprint density at radius 1 is 0.941 bits per heavy atom. The molecule has 2 aliphatic carbocycles. The molecule has 4 rings (SSSR count). The van der Waals surface area contributed by atoms with Crippen molar-refractivity contribution in [2.24, 2.45) is 5.92 Å². The maximum absolute atomic E-state index is 12.8. The third kappa shape index (κ3) is 5.75. The lowest BCUT2D eigenvalue weighted by molar-refractivity contribution is -0.149. The first-order valence-electron chi connectivity index (χ1n) is 11.8. The number of nitrogens with one attached hydrogen (secondary N) is 2. The Bertz CT molecular complexity index is 988. The first-order chi connectivity index (χ1) is 16.5. The Morgan fingerprint density at radius 3 is 2.18 bits per heavy atom. The van der Waals surface area contributed by atoms with Crippen molar-refractivity contribution in [2.75, 3.05) is 13.2 Å². The van der Waals surface area contributed by atoms with Gasteiger partial charge in [-0.05, 0) is 41.0 Å². The molecule has 34 heavy (non-hydrogen) atoms. The fraction of sp³-hybridized carbons (Fsp3) is 0.423. The van der Waals surface area contributed by atoms with Gasteiger partial charge in [0, 0.05) is 18.4 Å². The minimum atomic E-state index is -1.18.